The van der Waals surface area contributed by atoms with Gasteiger partial charge in [-0.1, -0.05) is 11.6 Å². The Hall–Kier alpha value is -0.960. The zero-order chi connectivity index (χ0) is 16.6. The van der Waals surface area contributed by atoms with Gasteiger partial charge in [0.1, 0.15) is 10.3 Å². The number of benzene rings is 1. The number of hydrogen-bond donors (Lipinski definition) is 0. The van der Waals surface area contributed by atoms with Gasteiger partial charge in [-0.25, -0.2) is 13.4 Å². The number of halogens is 2. The summed E-state index contributed by atoms with van der Waals surface area (Å²) in [6, 6.07) is 4.95. The second-order valence-corrected chi connectivity index (χ2v) is 9.60. The molecule has 9 heteroatoms. The van der Waals surface area contributed by atoms with E-state index in [-0.39, 0.29) is 24.7 Å². The van der Waals surface area contributed by atoms with E-state index in [1.165, 1.54) is 11.3 Å². The lowest BCUT2D eigenvalue weighted by Gasteiger charge is -2.31. The van der Waals surface area contributed by atoms with Gasteiger partial charge >= 0.3 is 0 Å². The number of carbonyl (C=O) groups is 1. The van der Waals surface area contributed by atoms with Gasteiger partial charge in [-0.2, -0.15) is 0 Å². The molecule has 0 bridgehead atoms. The topological polar surface area (TPSA) is 67.3 Å². The van der Waals surface area contributed by atoms with Crippen molar-refractivity contribution in [2.24, 2.45) is 0 Å². The lowest BCUT2D eigenvalue weighted by Crippen LogP contribution is -2.45. The van der Waals surface area contributed by atoms with Gasteiger partial charge in [-0.3, -0.25) is 4.79 Å². The smallest absolute Gasteiger partial charge is 0.253 e. The van der Waals surface area contributed by atoms with E-state index < -0.39 is 15.1 Å². The van der Waals surface area contributed by atoms with Gasteiger partial charge in [0, 0.05) is 34.7 Å². The summed E-state index contributed by atoms with van der Waals surface area (Å²) in [4.78, 5) is 18.3. The standard InChI is InChI=1S/C14H12BrClN2O3S2/c15-10-2-1-9(7-11(10)16)14(19)18-4-6-23(20,21)12(8-18)13-17-3-5-22-13/h1-3,5,7,12H,4,6,8H2/t12-/m0/s1. The molecule has 122 valence electrons. The molecule has 0 N–H and O–H groups in total. The summed E-state index contributed by atoms with van der Waals surface area (Å²) in [6.45, 7) is 0.291. The minimum Gasteiger partial charge on any atom is -0.336 e. The van der Waals surface area contributed by atoms with E-state index in [9.17, 15) is 13.2 Å². The van der Waals surface area contributed by atoms with Crippen molar-refractivity contribution >= 4 is 54.6 Å². The van der Waals surface area contributed by atoms with Crippen LogP contribution in [-0.4, -0.2) is 43.1 Å². The van der Waals surface area contributed by atoms with E-state index in [0.29, 0.717) is 20.1 Å². The second-order valence-electron chi connectivity index (χ2n) is 5.11. The largest absolute Gasteiger partial charge is 0.336 e. The Morgan fingerprint density at radius 2 is 2.22 bits per heavy atom. The third kappa shape index (κ3) is 3.45. The first-order valence-corrected chi connectivity index (χ1v) is 10.5. The number of rotatable bonds is 2. The molecule has 1 fully saturated rings. The molecule has 3 rings (SSSR count). The summed E-state index contributed by atoms with van der Waals surface area (Å²) in [7, 11) is -3.29. The van der Waals surface area contributed by atoms with Crippen LogP contribution in [0.1, 0.15) is 20.6 Å². The summed E-state index contributed by atoms with van der Waals surface area (Å²) in [5, 5.41) is 1.94. The van der Waals surface area contributed by atoms with Crippen LogP contribution in [0.5, 0.6) is 0 Å². The van der Waals surface area contributed by atoms with Crippen molar-refractivity contribution in [2.45, 2.75) is 5.25 Å². The van der Waals surface area contributed by atoms with Gasteiger partial charge in [0.05, 0.1) is 10.8 Å². The third-order valence-electron chi connectivity index (χ3n) is 3.65. The van der Waals surface area contributed by atoms with Crippen molar-refractivity contribution in [2.75, 3.05) is 18.8 Å². The maximum Gasteiger partial charge on any atom is 0.253 e. The molecule has 0 spiro atoms. The highest BCUT2D eigenvalue weighted by molar-refractivity contribution is 9.10. The summed E-state index contributed by atoms with van der Waals surface area (Å²) < 4.78 is 25.3. The fourth-order valence-electron chi connectivity index (χ4n) is 2.41. The molecule has 0 saturated carbocycles. The van der Waals surface area contributed by atoms with Crippen LogP contribution < -0.4 is 0 Å². The van der Waals surface area contributed by atoms with Gasteiger partial charge in [-0.05, 0) is 34.1 Å². The molecular weight excluding hydrogens is 424 g/mol. The number of thiazole rings is 1. The van der Waals surface area contributed by atoms with Crippen molar-refractivity contribution in [3.8, 4) is 0 Å². The molecule has 0 unspecified atom stereocenters. The number of hydrogen-bond acceptors (Lipinski definition) is 5. The average molecular weight is 436 g/mol. The van der Waals surface area contributed by atoms with Crippen molar-refractivity contribution < 1.29 is 13.2 Å². The number of carbonyl (C=O) groups excluding carboxylic acids is 1. The molecule has 0 aliphatic carbocycles. The second kappa shape index (κ2) is 6.51. The van der Waals surface area contributed by atoms with Gasteiger partial charge in [0.15, 0.2) is 9.84 Å². The molecule has 1 aromatic carbocycles. The molecule has 1 amide bonds. The van der Waals surface area contributed by atoms with E-state index in [0.717, 1.165) is 0 Å². The van der Waals surface area contributed by atoms with E-state index in [2.05, 4.69) is 20.9 Å². The predicted molar refractivity (Wildman–Crippen MR) is 93.7 cm³/mol. The fourth-order valence-corrected chi connectivity index (χ4v) is 5.58. The summed E-state index contributed by atoms with van der Waals surface area (Å²) in [5.41, 5.74) is 0.440. The molecule has 23 heavy (non-hydrogen) atoms. The van der Waals surface area contributed by atoms with E-state index in [4.69, 9.17) is 11.6 Å². The van der Waals surface area contributed by atoms with Gasteiger partial charge in [0.25, 0.3) is 5.91 Å². The quantitative estimate of drug-likeness (QED) is 0.726. The lowest BCUT2D eigenvalue weighted by molar-refractivity contribution is 0.0758. The van der Waals surface area contributed by atoms with Crippen molar-refractivity contribution in [1.29, 1.82) is 0 Å². The normalized spacial score (nSPS) is 20.4. The van der Waals surface area contributed by atoms with Crippen LogP contribution in [0.3, 0.4) is 0 Å². The minimum absolute atomic E-state index is 0.0623. The highest BCUT2D eigenvalue weighted by atomic mass is 79.9. The number of nitrogens with zero attached hydrogens (tertiary/aromatic N) is 2. The van der Waals surface area contributed by atoms with E-state index >= 15 is 0 Å². The van der Waals surface area contributed by atoms with E-state index in [1.54, 1.807) is 34.7 Å². The Bertz CT molecular complexity index is 840. The first-order valence-electron chi connectivity index (χ1n) is 6.74. The summed E-state index contributed by atoms with van der Waals surface area (Å²) in [6.07, 6.45) is 1.57. The van der Waals surface area contributed by atoms with Gasteiger partial charge in [0.2, 0.25) is 0 Å². The number of sulfone groups is 1. The van der Waals surface area contributed by atoms with Crippen LogP contribution in [0.25, 0.3) is 0 Å². The van der Waals surface area contributed by atoms with Crippen LogP contribution in [0, 0.1) is 0 Å². The van der Waals surface area contributed by atoms with Crippen molar-refractivity contribution in [1.82, 2.24) is 9.88 Å². The zero-order valence-corrected chi connectivity index (χ0v) is 15.8. The Morgan fingerprint density at radius 3 is 2.87 bits per heavy atom. The maximum absolute atomic E-state index is 12.6. The Labute approximate surface area is 151 Å². The first kappa shape index (κ1) is 16.9. The highest BCUT2D eigenvalue weighted by Crippen LogP contribution is 2.30. The van der Waals surface area contributed by atoms with Gasteiger partial charge in [-0.15, -0.1) is 11.3 Å². The predicted octanol–water partition coefficient (Wildman–Crippen LogP) is 3.17. The lowest BCUT2D eigenvalue weighted by atomic mass is 10.2. The van der Waals surface area contributed by atoms with Crippen LogP contribution >= 0.6 is 38.9 Å². The number of amides is 1. The molecule has 1 aromatic heterocycles. The molecule has 1 aliphatic rings. The SMILES string of the molecule is O=C(c1ccc(Br)c(Cl)c1)N1CCS(=O)(=O)[C@H](c2nccs2)C1. The molecule has 2 aromatic rings. The minimum atomic E-state index is -3.29. The fraction of sp³-hybridized carbons (Fsp3) is 0.286. The Morgan fingerprint density at radius 1 is 1.43 bits per heavy atom. The molecule has 5 nitrogen and oxygen atoms in total. The van der Waals surface area contributed by atoms with Gasteiger partial charge < -0.3 is 4.90 Å². The van der Waals surface area contributed by atoms with Crippen LogP contribution in [0.15, 0.2) is 34.2 Å². The summed E-state index contributed by atoms with van der Waals surface area (Å²) >= 11 is 10.6. The Balaban J connectivity index is 1.86. The molecule has 2 heterocycles. The van der Waals surface area contributed by atoms with E-state index in [1.807, 2.05) is 0 Å². The number of aromatic nitrogens is 1. The van der Waals surface area contributed by atoms with Crippen LogP contribution in [0.2, 0.25) is 5.02 Å². The Kier molecular flexibility index (Phi) is 4.78. The molecular formula is C14H12BrClN2O3S2. The van der Waals surface area contributed by atoms with Crippen molar-refractivity contribution in [3.63, 3.8) is 0 Å². The zero-order valence-electron chi connectivity index (χ0n) is 11.8. The molecule has 1 atom stereocenters. The third-order valence-corrected chi connectivity index (χ3v) is 7.91. The summed E-state index contributed by atoms with van der Waals surface area (Å²) in [5.74, 6) is -0.288. The van der Waals surface area contributed by atoms with Crippen molar-refractivity contribution in [3.05, 3.63) is 49.8 Å². The highest BCUT2D eigenvalue weighted by Gasteiger charge is 2.37. The van der Waals surface area contributed by atoms with Crippen LogP contribution in [0.4, 0.5) is 0 Å². The first-order chi connectivity index (χ1) is 10.9. The maximum atomic E-state index is 12.6. The molecule has 1 saturated heterocycles. The average Bonchev–Trinajstić information content (AvgIpc) is 3.03. The molecule has 1 aliphatic heterocycles. The molecule has 0 radical (unpaired) electrons. The monoisotopic (exact) mass is 434 g/mol. The van der Waals surface area contributed by atoms with Crippen LogP contribution in [-0.2, 0) is 9.84 Å².